The minimum Gasteiger partial charge on any atom is -0.508 e. The van der Waals surface area contributed by atoms with Gasteiger partial charge in [0.2, 0.25) is 0 Å². The van der Waals surface area contributed by atoms with Crippen LogP contribution in [0.1, 0.15) is 16.7 Å². The number of hydrogen-bond acceptors (Lipinski definition) is 3. The van der Waals surface area contributed by atoms with E-state index in [1.165, 1.54) is 0 Å². The van der Waals surface area contributed by atoms with Gasteiger partial charge in [-0.25, -0.2) is 4.79 Å². The molecule has 0 atom stereocenters. The molecule has 0 aromatic heterocycles. The van der Waals surface area contributed by atoms with Crippen LogP contribution in [0.2, 0.25) is 0 Å². The fraction of sp³-hybridized carbons (Fsp3) is 0.0500. The average molecular weight is 383 g/mol. The lowest BCUT2D eigenvalue weighted by Gasteiger charge is -2.03. The van der Waals surface area contributed by atoms with Crippen molar-refractivity contribution in [2.24, 2.45) is 0 Å². The quantitative estimate of drug-likeness (QED) is 0.466. The predicted octanol–water partition coefficient (Wildman–Crippen LogP) is 4.86. The molecule has 0 spiro atoms. The molecular formula is C20H15BrO3. The Labute approximate surface area is 148 Å². The van der Waals surface area contributed by atoms with Gasteiger partial charge in [-0.2, -0.15) is 0 Å². The maximum atomic E-state index is 12.1. The number of benzene rings is 2. The highest BCUT2D eigenvalue weighted by Gasteiger charge is 2.22. The standard InChI is InChI=1S/C20H15BrO3/c1-2-3-15-10-13(4-9-18(15)22)11-16-12-19(24-20(16)23)14-5-7-17(21)8-6-14/h2,4-12,22H,1,3H2/b16-11+. The first-order valence-electron chi connectivity index (χ1n) is 7.41. The summed E-state index contributed by atoms with van der Waals surface area (Å²) < 4.78 is 6.31. The van der Waals surface area contributed by atoms with Crippen molar-refractivity contribution in [2.75, 3.05) is 0 Å². The first kappa shape index (κ1) is 16.3. The number of phenols is 1. The monoisotopic (exact) mass is 382 g/mol. The molecule has 0 unspecified atom stereocenters. The Morgan fingerprint density at radius 1 is 1.17 bits per heavy atom. The summed E-state index contributed by atoms with van der Waals surface area (Å²) in [6.07, 6.45) is 5.76. The maximum absolute atomic E-state index is 12.1. The molecule has 1 aliphatic heterocycles. The van der Waals surface area contributed by atoms with Gasteiger partial charge in [-0.1, -0.05) is 40.2 Å². The minimum absolute atomic E-state index is 0.220. The first-order chi connectivity index (χ1) is 11.6. The number of carbonyl (C=O) groups is 1. The van der Waals surface area contributed by atoms with Crippen molar-refractivity contribution in [3.63, 3.8) is 0 Å². The Kier molecular flexibility index (Phi) is 4.67. The summed E-state index contributed by atoms with van der Waals surface area (Å²) in [5, 5.41) is 9.82. The van der Waals surface area contributed by atoms with Gasteiger partial charge in [0.1, 0.15) is 11.5 Å². The molecule has 4 heteroatoms. The predicted molar refractivity (Wildman–Crippen MR) is 98.2 cm³/mol. The lowest BCUT2D eigenvalue weighted by molar-refractivity contribution is -0.130. The second-order valence-corrected chi connectivity index (χ2v) is 6.30. The van der Waals surface area contributed by atoms with E-state index in [2.05, 4.69) is 22.5 Å². The van der Waals surface area contributed by atoms with Crippen molar-refractivity contribution in [1.29, 1.82) is 0 Å². The molecule has 0 saturated carbocycles. The van der Waals surface area contributed by atoms with Gasteiger partial charge in [0.05, 0.1) is 5.57 Å². The molecule has 120 valence electrons. The van der Waals surface area contributed by atoms with Gasteiger partial charge in [0.15, 0.2) is 0 Å². The summed E-state index contributed by atoms with van der Waals surface area (Å²) in [6.45, 7) is 3.68. The third-order valence-corrected chi connectivity index (χ3v) is 4.17. The number of allylic oxidation sites excluding steroid dienone is 1. The van der Waals surface area contributed by atoms with Gasteiger partial charge in [0, 0.05) is 10.0 Å². The fourth-order valence-corrected chi connectivity index (χ4v) is 2.70. The van der Waals surface area contributed by atoms with E-state index < -0.39 is 0 Å². The summed E-state index contributed by atoms with van der Waals surface area (Å²) in [5.41, 5.74) is 2.91. The number of aromatic hydroxyl groups is 1. The molecule has 0 saturated heterocycles. The van der Waals surface area contributed by atoms with E-state index in [1.54, 1.807) is 30.4 Å². The van der Waals surface area contributed by atoms with E-state index in [-0.39, 0.29) is 11.7 Å². The molecular weight excluding hydrogens is 368 g/mol. The molecule has 3 nitrogen and oxygen atoms in total. The van der Waals surface area contributed by atoms with Crippen molar-refractivity contribution in [1.82, 2.24) is 0 Å². The van der Waals surface area contributed by atoms with E-state index in [1.807, 2.05) is 30.3 Å². The maximum Gasteiger partial charge on any atom is 0.343 e. The number of esters is 1. The molecule has 0 fully saturated rings. The highest BCUT2D eigenvalue weighted by molar-refractivity contribution is 9.10. The Morgan fingerprint density at radius 2 is 1.92 bits per heavy atom. The van der Waals surface area contributed by atoms with Crippen molar-refractivity contribution >= 4 is 33.7 Å². The van der Waals surface area contributed by atoms with Gasteiger partial charge in [-0.05, 0) is 54.0 Å². The molecule has 0 aliphatic carbocycles. The van der Waals surface area contributed by atoms with Gasteiger partial charge in [-0.3, -0.25) is 0 Å². The van der Waals surface area contributed by atoms with Crippen molar-refractivity contribution < 1.29 is 14.6 Å². The summed E-state index contributed by atoms with van der Waals surface area (Å²) in [5.74, 6) is 0.368. The SMILES string of the molecule is C=CCc1cc(/C=C2\C=C(c3ccc(Br)cc3)OC2=O)ccc1O. The van der Waals surface area contributed by atoms with E-state index in [9.17, 15) is 9.90 Å². The zero-order chi connectivity index (χ0) is 17.1. The van der Waals surface area contributed by atoms with Crippen molar-refractivity contribution in [3.05, 3.63) is 87.9 Å². The normalized spacial score (nSPS) is 15.3. The third kappa shape index (κ3) is 3.49. The molecule has 0 amide bonds. The largest absolute Gasteiger partial charge is 0.508 e. The van der Waals surface area contributed by atoms with Crippen LogP contribution in [0.3, 0.4) is 0 Å². The van der Waals surface area contributed by atoms with E-state index in [0.717, 1.165) is 21.2 Å². The van der Waals surface area contributed by atoms with Crippen LogP contribution < -0.4 is 0 Å². The second-order valence-electron chi connectivity index (χ2n) is 5.39. The smallest absolute Gasteiger partial charge is 0.343 e. The zero-order valence-electron chi connectivity index (χ0n) is 12.8. The number of carbonyl (C=O) groups excluding carboxylic acids is 1. The molecule has 3 rings (SSSR count). The fourth-order valence-electron chi connectivity index (χ4n) is 2.44. The number of halogens is 1. The molecule has 2 aromatic rings. The second kappa shape index (κ2) is 6.89. The third-order valence-electron chi connectivity index (χ3n) is 3.64. The van der Waals surface area contributed by atoms with Crippen LogP contribution in [0.4, 0.5) is 0 Å². The average Bonchev–Trinajstić information content (AvgIpc) is 2.92. The van der Waals surface area contributed by atoms with Crippen LogP contribution in [0.15, 0.2) is 71.2 Å². The lowest BCUT2D eigenvalue weighted by atomic mass is 10.0. The number of ether oxygens (including phenoxy) is 1. The lowest BCUT2D eigenvalue weighted by Crippen LogP contribution is -1.97. The molecule has 24 heavy (non-hydrogen) atoms. The van der Waals surface area contributed by atoms with Crippen LogP contribution in [-0.2, 0) is 16.0 Å². The first-order valence-corrected chi connectivity index (χ1v) is 8.20. The van der Waals surface area contributed by atoms with E-state index in [4.69, 9.17) is 4.74 Å². The number of hydrogen-bond donors (Lipinski definition) is 1. The van der Waals surface area contributed by atoms with Crippen LogP contribution in [-0.4, -0.2) is 11.1 Å². The summed E-state index contributed by atoms with van der Waals surface area (Å²) in [4.78, 5) is 12.1. The summed E-state index contributed by atoms with van der Waals surface area (Å²) in [6, 6.07) is 12.8. The summed E-state index contributed by atoms with van der Waals surface area (Å²) in [7, 11) is 0. The molecule has 1 N–H and O–H groups in total. The minimum atomic E-state index is -0.383. The van der Waals surface area contributed by atoms with Crippen molar-refractivity contribution in [3.8, 4) is 5.75 Å². The highest BCUT2D eigenvalue weighted by atomic mass is 79.9. The molecule has 0 radical (unpaired) electrons. The van der Waals surface area contributed by atoms with Crippen LogP contribution in [0.25, 0.3) is 11.8 Å². The number of phenolic OH excluding ortho intramolecular Hbond substituents is 1. The van der Waals surface area contributed by atoms with Gasteiger partial charge in [-0.15, -0.1) is 6.58 Å². The number of cyclic esters (lactones) is 1. The van der Waals surface area contributed by atoms with Gasteiger partial charge >= 0.3 is 5.97 Å². The Hall–Kier alpha value is -2.59. The topological polar surface area (TPSA) is 46.5 Å². The summed E-state index contributed by atoms with van der Waals surface area (Å²) >= 11 is 3.38. The Bertz CT molecular complexity index is 861. The molecule has 1 heterocycles. The van der Waals surface area contributed by atoms with E-state index in [0.29, 0.717) is 17.8 Å². The van der Waals surface area contributed by atoms with Gasteiger partial charge < -0.3 is 9.84 Å². The van der Waals surface area contributed by atoms with Gasteiger partial charge in [0.25, 0.3) is 0 Å². The number of rotatable bonds is 4. The Balaban J connectivity index is 1.92. The van der Waals surface area contributed by atoms with Crippen molar-refractivity contribution in [2.45, 2.75) is 6.42 Å². The highest BCUT2D eigenvalue weighted by Crippen LogP contribution is 2.29. The molecule has 2 aromatic carbocycles. The zero-order valence-corrected chi connectivity index (χ0v) is 14.4. The van der Waals surface area contributed by atoms with E-state index >= 15 is 0 Å². The Morgan fingerprint density at radius 3 is 2.62 bits per heavy atom. The van der Waals surface area contributed by atoms with Crippen LogP contribution in [0, 0.1) is 0 Å². The van der Waals surface area contributed by atoms with Crippen LogP contribution in [0.5, 0.6) is 5.75 Å². The van der Waals surface area contributed by atoms with Crippen LogP contribution >= 0.6 is 15.9 Å². The molecule has 1 aliphatic rings. The molecule has 0 bridgehead atoms.